The molecule has 24 heavy (non-hydrogen) atoms. The van der Waals surface area contributed by atoms with Gasteiger partial charge in [-0.1, -0.05) is 20.3 Å². The van der Waals surface area contributed by atoms with Crippen LogP contribution in [0.25, 0.3) is 22.4 Å². The number of pyridine rings is 1. The minimum Gasteiger partial charge on any atom is -0.474 e. The number of hydrogen-bond donors (Lipinski definition) is 2. The van der Waals surface area contributed by atoms with Crippen molar-refractivity contribution in [2.75, 3.05) is 0 Å². The van der Waals surface area contributed by atoms with Crippen LogP contribution in [0.5, 0.6) is 5.88 Å². The molecule has 1 saturated carbocycles. The van der Waals surface area contributed by atoms with E-state index in [0.717, 1.165) is 29.6 Å². The van der Waals surface area contributed by atoms with Gasteiger partial charge in [0.25, 0.3) is 0 Å². The molecule has 0 bridgehead atoms. The summed E-state index contributed by atoms with van der Waals surface area (Å²) in [6.45, 7) is 4.13. The molecule has 1 aliphatic carbocycles. The van der Waals surface area contributed by atoms with Crippen molar-refractivity contribution in [3.8, 4) is 17.4 Å². The van der Waals surface area contributed by atoms with Crippen molar-refractivity contribution in [1.29, 1.82) is 0 Å². The maximum absolute atomic E-state index is 6.21. The average Bonchev–Trinajstić information content (AvgIpc) is 3.23. The fraction of sp³-hybridized carbons (Fsp3) is 0.529. The number of aromatic nitrogens is 6. The molecule has 3 aromatic heterocycles. The maximum atomic E-state index is 6.21. The zero-order chi connectivity index (χ0) is 16.5. The second-order valence-corrected chi connectivity index (χ2v) is 6.69. The Morgan fingerprint density at radius 2 is 1.96 bits per heavy atom. The third-order valence-electron chi connectivity index (χ3n) is 4.52. The highest BCUT2D eigenvalue weighted by molar-refractivity contribution is 5.94. The molecule has 0 aromatic carbocycles. The lowest BCUT2D eigenvalue weighted by molar-refractivity contribution is 0.151. The molecule has 3 heterocycles. The van der Waals surface area contributed by atoms with Crippen LogP contribution in [0.1, 0.15) is 57.7 Å². The Bertz CT molecular complexity index is 831. The van der Waals surface area contributed by atoms with Crippen molar-refractivity contribution in [2.24, 2.45) is 0 Å². The number of rotatable bonds is 4. The highest BCUT2D eigenvalue weighted by Gasteiger charge is 2.21. The van der Waals surface area contributed by atoms with Gasteiger partial charge in [0.15, 0.2) is 11.6 Å². The minimum atomic E-state index is 0.237. The predicted octanol–water partition coefficient (Wildman–Crippen LogP) is 3.58. The molecule has 2 N–H and O–H groups in total. The lowest BCUT2D eigenvalue weighted by atomic mass is 9.98. The first-order valence-electron chi connectivity index (χ1n) is 8.65. The van der Waals surface area contributed by atoms with E-state index in [1.165, 1.54) is 19.3 Å². The van der Waals surface area contributed by atoms with Crippen LogP contribution in [-0.2, 0) is 0 Å². The first-order chi connectivity index (χ1) is 11.7. The summed E-state index contributed by atoms with van der Waals surface area (Å²) in [6.07, 6.45) is 7.90. The number of H-pyrrole nitrogens is 2. The summed E-state index contributed by atoms with van der Waals surface area (Å²) in [4.78, 5) is 9.01. The minimum absolute atomic E-state index is 0.237. The molecule has 0 spiro atoms. The van der Waals surface area contributed by atoms with E-state index in [-0.39, 0.29) is 12.0 Å². The Kier molecular flexibility index (Phi) is 3.92. The first kappa shape index (κ1) is 15.1. The van der Waals surface area contributed by atoms with Crippen molar-refractivity contribution in [1.82, 2.24) is 30.4 Å². The largest absolute Gasteiger partial charge is 0.474 e. The fourth-order valence-corrected chi connectivity index (χ4v) is 3.18. The lowest BCUT2D eigenvalue weighted by Crippen LogP contribution is -2.20. The van der Waals surface area contributed by atoms with E-state index in [4.69, 9.17) is 4.74 Å². The van der Waals surface area contributed by atoms with Gasteiger partial charge in [-0.2, -0.15) is 10.2 Å². The van der Waals surface area contributed by atoms with Crippen LogP contribution in [0.3, 0.4) is 0 Å². The Hall–Kier alpha value is -2.44. The Morgan fingerprint density at radius 3 is 2.71 bits per heavy atom. The number of nitrogens with zero attached hydrogens (tertiary/aromatic N) is 4. The van der Waals surface area contributed by atoms with Crippen LogP contribution in [0, 0.1) is 0 Å². The summed E-state index contributed by atoms with van der Waals surface area (Å²) >= 11 is 0. The van der Waals surface area contributed by atoms with E-state index in [9.17, 15) is 0 Å². The van der Waals surface area contributed by atoms with Crippen LogP contribution in [-0.4, -0.2) is 36.5 Å². The Morgan fingerprint density at radius 1 is 1.12 bits per heavy atom. The van der Waals surface area contributed by atoms with E-state index in [2.05, 4.69) is 44.2 Å². The Labute approximate surface area is 140 Å². The molecule has 126 valence electrons. The molecule has 0 amide bonds. The monoisotopic (exact) mass is 326 g/mol. The number of aromatic amines is 2. The van der Waals surface area contributed by atoms with Crippen LogP contribution in [0.4, 0.5) is 0 Å². The van der Waals surface area contributed by atoms with Crippen LogP contribution < -0.4 is 4.74 Å². The van der Waals surface area contributed by atoms with Gasteiger partial charge in [-0.3, -0.25) is 10.2 Å². The van der Waals surface area contributed by atoms with Gasteiger partial charge in [-0.05, 0) is 31.7 Å². The average molecular weight is 326 g/mol. The molecule has 0 radical (unpaired) electrons. The van der Waals surface area contributed by atoms with E-state index >= 15 is 0 Å². The van der Waals surface area contributed by atoms with Crippen molar-refractivity contribution < 1.29 is 4.74 Å². The Balaban J connectivity index is 1.73. The second-order valence-electron chi connectivity index (χ2n) is 6.69. The van der Waals surface area contributed by atoms with Crippen molar-refractivity contribution >= 4 is 10.9 Å². The zero-order valence-electron chi connectivity index (χ0n) is 14.0. The molecule has 0 aliphatic heterocycles. The van der Waals surface area contributed by atoms with E-state index in [1.54, 1.807) is 6.20 Å². The molecule has 1 fully saturated rings. The summed E-state index contributed by atoms with van der Waals surface area (Å²) in [7, 11) is 0. The van der Waals surface area contributed by atoms with Gasteiger partial charge >= 0.3 is 0 Å². The van der Waals surface area contributed by atoms with Crippen molar-refractivity contribution in [3.05, 3.63) is 18.1 Å². The molecule has 7 heteroatoms. The number of nitrogens with one attached hydrogen (secondary N) is 2. The van der Waals surface area contributed by atoms with E-state index in [0.29, 0.717) is 17.4 Å². The molecule has 1 aliphatic rings. The third-order valence-corrected chi connectivity index (χ3v) is 4.52. The standard InChI is InChI=1S/C17H22N6O/c1-10(2)15-19-16(23-22-15)14-13-12(20-21-14)8-9-18-17(13)24-11-6-4-3-5-7-11/h8-11H,3-7H2,1-2H3,(H,20,21)(H,19,22,23). The molecule has 0 saturated heterocycles. The summed E-state index contributed by atoms with van der Waals surface area (Å²) in [5.41, 5.74) is 1.61. The normalized spacial score (nSPS) is 16.1. The van der Waals surface area contributed by atoms with Gasteiger partial charge in [0, 0.05) is 12.1 Å². The SMILES string of the molecule is CC(C)c1n[nH]c(-c2n[nH]c3ccnc(OC4CCCCC4)c23)n1. The van der Waals surface area contributed by atoms with Gasteiger partial charge in [-0.25, -0.2) is 9.97 Å². The molecule has 3 aromatic rings. The maximum Gasteiger partial charge on any atom is 0.225 e. The summed E-state index contributed by atoms with van der Waals surface area (Å²) in [5.74, 6) is 2.31. The summed E-state index contributed by atoms with van der Waals surface area (Å²) < 4.78 is 6.21. The van der Waals surface area contributed by atoms with Crippen LogP contribution in [0.2, 0.25) is 0 Å². The highest BCUT2D eigenvalue weighted by atomic mass is 16.5. The topological polar surface area (TPSA) is 92.4 Å². The zero-order valence-corrected chi connectivity index (χ0v) is 14.0. The predicted molar refractivity (Wildman–Crippen MR) is 90.9 cm³/mol. The van der Waals surface area contributed by atoms with Gasteiger partial charge in [0.1, 0.15) is 11.8 Å². The van der Waals surface area contributed by atoms with Crippen molar-refractivity contribution in [2.45, 2.75) is 58.0 Å². The lowest BCUT2D eigenvalue weighted by Gasteiger charge is -2.22. The van der Waals surface area contributed by atoms with Crippen LogP contribution >= 0.6 is 0 Å². The van der Waals surface area contributed by atoms with Gasteiger partial charge in [-0.15, -0.1) is 0 Å². The first-order valence-corrected chi connectivity index (χ1v) is 8.65. The van der Waals surface area contributed by atoms with E-state index in [1.807, 2.05) is 6.07 Å². The summed E-state index contributed by atoms with van der Waals surface area (Å²) in [6, 6.07) is 1.90. The smallest absolute Gasteiger partial charge is 0.225 e. The van der Waals surface area contributed by atoms with Gasteiger partial charge in [0.2, 0.25) is 5.88 Å². The molecule has 7 nitrogen and oxygen atoms in total. The molecular formula is C17H22N6O. The molecule has 4 rings (SSSR count). The quantitative estimate of drug-likeness (QED) is 0.764. The number of ether oxygens (including phenoxy) is 1. The van der Waals surface area contributed by atoms with Crippen LogP contribution in [0.15, 0.2) is 12.3 Å². The highest BCUT2D eigenvalue weighted by Crippen LogP contribution is 2.33. The van der Waals surface area contributed by atoms with Gasteiger partial charge < -0.3 is 4.74 Å². The summed E-state index contributed by atoms with van der Waals surface area (Å²) in [5, 5.41) is 15.6. The third kappa shape index (κ3) is 2.74. The second kappa shape index (κ2) is 6.22. The fourth-order valence-electron chi connectivity index (χ4n) is 3.18. The number of fused-ring (bicyclic) bond motifs is 1. The number of hydrogen-bond acceptors (Lipinski definition) is 5. The van der Waals surface area contributed by atoms with Crippen molar-refractivity contribution in [3.63, 3.8) is 0 Å². The molecule has 0 unspecified atom stereocenters. The van der Waals surface area contributed by atoms with E-state index < -0.39 is 0 Å². The van der Waals surface area contributed by atoms with Gasteiger partial charge in [0.05, 0.1) is 10.9 Å². The molecule has 0 atom stereocenters. The molecular weight excluding hydrogens is 304 g/mol.